The van der Waals surface area contributed by atoms with Gasteiger partial charge in [0, 0.05) is 38.2 Å². The molecular weight excluding hydrogens is 364 g/mol. The van der Waals surface area contributed by atoms with E-state index in [1.54, 1.807) is 12.1 Å². The topological polar surface area (TPSA) is 49.9 Å². The molecule has 1 saturated heterocycles. The van der Waals surface area contributed by atoms with Gasteiger partial charge in [-0.2, -0.15) is 0 Å². The van der Waals surface area contributed by atoms with E-state index in [4.69, 9.17) is 4.74 Å². The summed E-state index contributed by atoms with van der Waals surface area (Å²) in [6, 6.07) is 17.3. The maximum atomic E-state index is 12.8. The van der Waals surface area contributed by atoms with Crippen LogP contribution < -0.4 is 4.74 Å². The van der Waals surface area contributed by atoms with Gasteiger partial charge >= 0.3 is 0 Å². The van der Waals surface area contributed by atoms with E-state index in [-0.39, 0.29) is 17.2 Å². The summed E-state index contributed by atoms with van der Waals surface area (Å²) in [6.07, 6.45) is 0.533. The van der Waals surface area contributed by atoms with Gasteiger partial charge in [-0.05, 0) is 35.2 Å². The van der Waals surface area contributed by atoms with Gasteiger partial charge in [-0.15, -0.1) is 0 Å². The van der Waals surface area contributed by atoms with E-state index in [1.165, 1.54) is 0 Å². The molecule has 2 aromatic carbocycles. The van der Waals surface area contributed by atoms with E-state index >= 15 is 0 Å². The molecule has 0 bridgehead atoms. The number of hydrogen-bond acceptors (Lipinski definition) is 3. The molecule has 0 saturated carbocycles. The minimum atomic E-state index is -0.0195. The summed E-state index contributed by atoms with van der Waals surface area (Å²) in [5.41, 5.74) is 1.73. The summed E-state index contributed by atoms with van der Waals surface area (Å²) in [4.78, 5) is 28.8. The van der Waals surface area contributed by atoms with Crippen molar-refractivity contribution in [2.45, 2.75) is 33.8 Å². The van der Waals surface area contributed by atoms with E-state index in [0.717, 1.165) is 11.3 Å². The van der Waals surface area contributed by atoms with Crippen LogP contribution in [0.3, 0.4) is 0 Å². The summed E-state index contributed by atoms with van der Waals surface area (Å²) in [7, 11) is 0. The van der Waals surface area contributed by atoms with Crippen LogP contribution in [0.15, 0.2) is 54.6 Å². The van der Waals surface area contributed by atoms with Gasteiger partial charge in [0.1, 0.15) is 12.4 Å². The molecule has 0 unspecified atom stereocenters. The van der Waals surface area contributed by atoms with Gasteiger partial charge in [-0.3, -0.25) is 9.59 Å². The van der Waals surface area contributed by atoms with Crippen LogP contribution in [0.2, 0.25) is 0 Å². The number of rotatable bonds is 5. The highest BCUT2D eigenvalue weighted by Crippen LogP contribution is 2.21. The fraction of sp³-hybridized carbons (Fsp3) is 0.417. The highest BCUT2D eigenvalue weighted by molar-refractivity contribution is 5.94. The number of nitrogens with zero attached hydrogens (tertiary/aromatic N) is 2. The maximum absolute atomic E-state index is 12.8. The Morgan fingerprint density at radius 1 is 0.862 bits per heavy atom. The molecule has 0 radical (unpaired) electrons. The molecule has 2 amide bonds. The first-order valence-electron chi connectivity index (χ1n) is 10.2. The molecule has 154 valence electrons. The highest BCUT2D eigenvalue weighted by Gasteiger charge is 2.27. The molecule has 2 aromatic rings. The molecule has 5 nitrogen and oxygen atoms in total. The van der Waals surface area contributed by atoms with Crippen LogP contribution in [0.25, 0.3) is 0 Å². The second-order valence-corrected chi connectivity index (χ2v) is 8.71. The highest BCUT2D eigenvalue weighted by atomic mass is 16.5. The zero-order chi connectivity index (χ0) is 20.9. The third-order valence-corrected chi connectivity index (χ3v) is 4.95. The molecule has 0 aliphatic carbocycles. The molecule has 5 heteroatoms. The molecule has 29 heavy (non-hydrogen) atoms. The van der Waals surface area contributed by atoms with E-state index < -0.39 is 0 Å². The Hall–Kier alpha value is -2.82. The Morgan fingerprint density at radius 2 is 1.45 bits per heavy atom. The fourth-order valence-corrected chi connectivity index (χ4v) is 3.34. The standard InChI is InChI=1S/C24H30N2O3/c1-24(2,3)17-22(27)25-13-15-26(16-14-25)23(28)20-9-11-21(12-10-20)29-18-19-7-5-4-6-8-19/h4-12H,13-18H2,1-3H3. The number of piperazine rings is 1. The molecule has 0 spiro atoms. The molecule has 1 fully saturated rings. The minimum absolute atomic E-state index is 0.00234. The summed E-state index contributed by atoms with van der Waals surface area (Å²) >= 11 is 0. The van der Waals surface area contributed by atoms with Gasteiger partial charge in [0.2, 0.25) is 5.91 Å². The zero-order valence-corrected chi connectivity index (χ0v) is 17.6. The van der Waals surface area contributed by atoms with Crippen molar-refractivity contribution in [2.24, 2.45) is 5.41 Å². The van der Waals surface area contributed by atoms with Crippen LogP contribution in [0.1, 0.15) is 43.1 Å². The lowest BCUT2D eigenvalue weighted by atomic mass is 9.91. The number of amides is 2. The quantitative estimate of drug-likeness (QED) is 0.771. The van der Waals surface area contributed by atoms with Crippen molar-refractivity contribution < 1.29 is 14.3 Å². The van der Waals surface area contributed by atoms with Gasteiger partial charge in [0.25, 0.3) is 5.91 Å². The molecular formula is C24H30N2O3. The first-order valence-corrected chi connectivity index (χ1v) is 10.2. The summed E-state index contributed by atoms with van der Waals surface area (Å²) in [5, 5.41) is 0. The number of ether oxygens (including phenoxy) is 1. The Labute approximate surface area is 173 Å². The van der Waals surface area contributed by atoms with Crippen molar-refractivity contribution in [3.05, 3.63) is 65.7 Å². The Bertz CT molecular complexity index is 817. The fourth-order valence-electron chi connectivity index (χ4n) is 3.34. The Kier molecular flexibility index (Phi) is 6.57. The number of carbonyl (C=O) groups excluding carboxylic acids is 2. The largest absolute Gasteiger partial charge is 0.489 e. The van der Waals surface area contributed by atoms with Crippen LogP contribution in [-0.2, 0) is 11.4 Å². The first kappa shape index (κ1) is 20.9. The molecule has 3 rings (SSSR count). The van der Waals surface area contributed by atoms with E-state index in [9.17, 15) is 9.59 Å². The van der Waals surface area contributed by atoms with Crippen LogP contribution >= 0.6 is 0 Å². The lowest BCUT2D eigenvalue weighted by Gasteiger charge is -2.36. The smallest absolute Gasteiger partial charge is 0.253 e. The predicted octanol–water partition coefficient (Wildman–Crippen LogP) is 3.99. The van der Waals surface area contributed by atoms with Gasteiger partial charge in [-0.1, -0.05) is 51.1 Å². The van der Waals surface area contributed by atoms with Gasteiger partial charge in [0.15, 0.2) is 0 Å². The molecule has 0 atom stereocenters. The molecule has 0 N–H and O–H groups in total. The van der Waals surface area contributed by atoms with Crippen molar-refractivity contribution in [3.63, 3.8) is 0 Å². The third kappa shape index (κ3) is 6.08. The monoisotopic (exact) mass is 394 g/mol. The Balaban J connectivity index is 1.50. The molecule has 0 aromatic heterocycles. The van der Waals surface area contributed by atoms with Crippen molar-refractivity contribution in [2.75, 3.05) is 26.2 Å². The van der Waals surface area contributed by atoms with E-state index in [0.29, 0.717) is 44.8 Å². The maximum Gasteiger partial charge on any atom is 0.253 e. The first-order chi connectivity index (χ1) is 13.8. The second-order valence-electron chi connectivity index (χ2n) is 8.71. The summed E-state index contributed by atoms with van der Waals surface area (Å²) in [6.45, 7) is 9.03. The molecule has 1 heterocycles. The lowest BCUT2D eigenvalue weighted by Crippen LogP contribution is -2.51. The van der Waals surface area contributed by atoms with Crippen molar-refractivity contribution >= 4 is 11.8 Å². The zero-order valence-electron chi connectivity index (χ0n) is 17.6. The molecule has 1 aliphatic heterocycles. The lowest BCUT2D eigenvalue weighted by molar-refractivity contribution is -0.134. The Morgan fingerprint density at radius 3 is 2.03 bits per heavy atom. The summed E-state index contributed by atoms with van der Waals surface area (Å²) < 4.78 is 5.78. The third-order valence-electron chi connectivity index (χ3n) is 4.95. The van der Waals surface area contributed by atoms with E-state index in [1.807, 2.05) is 52.3 Å². The average Bonchev–Trinajstić information content (AvgIpc) is 2.72. The summed E-state index contributed by atoms with van der Waals surface area (Å²) in [5.74, 6) is 0.912. The van der Waals surface area contributed by atoms with Gasteiger partial charge in [-0.25, -0.2) is 0 Å². The normalized spacial score (nSPS) is 14.6. The number of hydrogen-bond donors (Lipinski definition) is 0. The SMILES string of the molecule is CC(C)(C)CC(=O)N1CCN(C(=O)c2ccc(OCc3ccccc3)cc2)CC1. The average molecular weight is 395 g/mol. The molecule has 1 aliphatic rings. The van der Waals surface area contributed by atoms with Crippen LogP contribution in [0, 0.1) is 5.41 Å². The van der Waals surface area contributed by atoms with Crippen molar-refractivity contribution in [3.8, 4) is 5.75 Å². The van der Waals surface area contributed by atoms with Crippen LogP contribution in [0.4, 0.5) is 0 Å². The van der Waals surface area contributed by atoms with Crippen molar-refractivity contribution in [1.82, 2.24) is 9.80 Å². The van der Waals surface area contributed by atoms with E-state index in [2.05, 4.69) is 20.8 Å². The number of carbonyl (C=O) groups is 2. The number of benzene rings is 2. The predicted molar refractivity (Wildman–Crippen MR) is 114 cm³/mol. The minimum Gasteiger partial charge on any atom is -0.489 e. The van der Waals surface area contributed by atoms with Crippen LogP contribution in [0.5, 0.6) is 5.75 Å². The second kappa shape index (κ2) is 9.12. The van der Waals surface area contributed by atoms with Gasteiger partial charge < -0.3 is 14.5 Å². The van der Waals surface area contributed by atoms with Crippen LogP contribution in [-0.4, -0.2) is 47.8 Å². The van der Waals surface area contributed by atoms with Crippen molar-refractivity contribution in [1.29, 1.82) is 0 Å². The van der Waals surface area contributed by atoms with Gasteiger partial charge in [0.05, 0.1) is 0 Å².